The van der Waals surface area contributed by atoms with Gasteiger partial charge >= 0.3 is 6.18 Å². The molecule has 33 heavy (non-hydrogen) atoms. The summed E-state index contributed by atoms with van der Waals surface area (Å²) in [4.78, 5) is 2.49. The van der Waals surface area contributed by atoms with Crippen molar-refractivity contribution in [1.29, 1.82) is 0 Å². The first-order chi connectivity index (χ1) is 15.7. The second-order valence-electron chi connectivity index (χ2n) is 9.16. The van der Waals surface area contributed by atoms with Crippen LogP contribution in [0.1, 0.15) is 42.0 Å². The third kappa shape index (κ3) is 4.55. The second-order valence-corrected chi connectivity index (χ2v) is 10.2. The van der Waals surface area contributed by atoms with Gasteiger partial charge in [0.1, 0.15) is 0 Å². The number of likely N-dealkylation sites (tertiary alicyclic amines) is 1. The maximum absolute atomic E-state index is 12.8. The van der Waals surface area contributed by atoms with Gasteiger partial charge in [-0.3, -0.25) is 0 Å². The third-order valence-corrected chi connectivity index (χ3v) is 7.93. The Hall–Kier alpha value is -2.33. The van der Waals surface area contributed by atoms with Crippen molar-refractivity contribution in [3.8, 4) is 11.6 Å². The van der Waals surface area contributed by atoms with E-state index in [1.807, 2.05) is 24.6 Å². The molecule has 1 unspecified atom stereocenters. The number of benzene rings is 1. The highest BCUT2D eigenvalue weighted by Gasteiger charge is 2.57. The van der Waals surface area contributed by atoms with E-state index < -0.39 is 11.7 Å². The van der Waals surface area contributed by atoms with Crippen LogP contribution in [0.25, 0.3) is 11.6 Å². The minimum atomic E-state index is -4.27. The number of halogens is 3. The predicted octanol–water partition coefficient (Wildman–Crippen LogP) is 5.16. The molecule has 3 heterocycles. The van der Waals surface area contributed by atoms with Crippen molar-refractivity contribution in [1.82, 2.24) is 24.8 Å². The van der Waals surface area contributed by atoms with Crippen molar-refractivity contribution in [2.45, 2.75) is 43.4 Å². The van der Waals surface area contributed by atoms with E-state index >= 15 is 0 Å². The first-order valence-corrected chi connectivity index (χ1v) is 12.1. The van der Waals surface area contributed by atoms with Crippen molar-refractivity contribution in [3.63, 3.8) is 0 Å². The largest absolute Gasteiger partial charge is 0.416 e. The summed E-state index contributed by atoms with van der Waals surface area (Å²) in [7, 11) is 1.92. The molecule has 176 valence electrons. The normalized spacial score (nSPS) is 23.0. The maximum atomic E-state index is 12.8. The standard InChI is InChI=1S/C23H26F3N5OS/c1-15-12-19(32-29-15)20-27-28-21(30(20)2)33-11-3-9-31-10-8-22(14-31)13-18(22)16-4-6-17(7-5-16)23(24,25)26/h4-7,12,18H,3,8-11,13-14H2,1-2H3/t18-,22?/m0/s1. The summed E-state index contributed by atoms with van der Waals surface area (Å²) < 4.78 is 45.7. The molecular weight excluding hydrogens is 451 g/mol. The SMILES string of the molecule is Cc1cc(-c2nnc(SCCCN3CCC4(C[C@H]4c4ccc(C(F)(F)F)cc4)C3)n2C)on1. The number of hydrogen-bond acceptors (Lipinski definition) is 6. The average Bonchev–Trinajstić information content (AvgIpc) is 3.06. The molecule has 1 saturated heterocycles. The Balaban J connectivity index is 1.09. The summed E-state index contributed by atoms with van der Waals surface area (Å²) in [5.74, 6) is 2.61. The van der Waals surface area contributed by atoms with E-state index in [0.717, 1.165) is 61.1 Å². The predicted molar refractivity (Wildman–Crippen MR) is 119 cm³/mol. The number of nitrogens with zero attached hydrogens (tertiary/aromatic N) is 5. The molecule has 10 heteroatoms. The fraction of sp³-hybridized carbons (Fsp3) is 0.522. The first-order valence-electron chi connectivity index (χ1n) is 11.1. The van der Waals surface area contributed by atoms with Crippen molar-refractivity contribution < 1.29 is 17.7 Å². The Morgan fingerprint density at radius 2 is 2.00 bits per heavy atom. The summed E-state index contributed by atoms with van der Waals surface area (Å²) >= 11 is 1.68. The van der Waals surface area contributed by atoms with E-state index in [1.54, 1.807) is 23.9 Å². The average molecular weight is 478 g/mol. The molecular formula is C23H26F3N5OS. The quantitative estimate of drug-likeness (QED) is 0.346. The number of alkyl halides is 3. The van der Waals surface area contributed by atoms with Gasteiger partial charge in [-0.05, 0) is 68.3 Å². The summed E-state index contributed by atoms with van der Waals surface area (Å²) in [6, 6.07) is 7.60. The zero-order valence-corrected chi connectivity index (χ0v) is 19.4. The van der Waals surface area contributed by atoms with Crippen molar-refractivity contribution >= 4 is 11.8 Å². The van der Waals surface area contributed by atoms with Crippen LogP contribution in [-0.2, 0) is 13.2 Å². The highest BCUT2D eigenvalue weighted by atomic mass is 32.2. The maximum Gasteiger partial charge on any atom is 0.416 e. The smallest absolute Gasteiger partial charge is 0.353 e. The summed E-state index contributed by atoms with van der Waals surface area (Å²) in [6.07, 6.45) is -1.04. The van der Waals surface area contributed by atoms with Gasteiger partial charge in [0.05, 0.1) is 11.3 Å². The lowest BCUT2D eigenvalue weighted by molar-refractivity contribution is -0.137. The van der Waals surface area contributed by atoms with Crippen LogP contribution in [0.2, 0.25) is 0 Å². The Kier molecular flexibility index (Phi) is 5.76. The molecule has 2 atom stereocenters. The van der Waals surface area contributed by atoms with Crippen LogP contribution < -0.4 is 0 Å². The van der Waals surface area contributed by atoms with Crippen LogP contribution in [0.3, 0.4) is 0 Å². The Morgan fingerprint density at radius 3 is 2.70 bits per heavy atom. The van der Waals surface area contributed by atoms with Gasteiger partial charge in [0.2, 0.25) is 11.6 Å². The first kappa shape index (κ1) is 22.5. The van der Waals surface area contributed by atoms with Gasteiger partial charge in [-0.25, -0.2) is 0 Å². The van der Waals surface area contributed by atoms with Crippen molar-refractivity contribution in [2.75, 3.05) is 25.4 Å². The van der Waals surface area contributed by atoms with Gasteiger partial charge in [0.15, 0.2) is 5.16 Å². The molecule has 0 radical (unpaired) electrons. The van der Waals surface area contributed by atoms with Crippen molar-refractivity contribution in [3.05, 3.63) is 47.2 Å². The highest BCUT2D eigenvalue weighted by Crippen LogP contribution is 2.64. The second kappa shape index (κ2) is 8.47. The Morgan fingerprint density at radius 1 is 1.21 bits per heavy atom. The summed E-state index contributed by atoms with van der Waals surface area (Å²) in [6.45, 7) is 4.97. The molecule has 1 aliphatic carbocycles. The van der Waals surface area contributed by atoms with E-state index in [1.165, 1.54) is 12.1 Å². The van der Waals surface area contributed by atoms with E-state index in [4.69, 9.17) is 4.52 Å². The zero-order valence-electron chi connectivity index (χ0n) is 18.6. The lowest BCUT2D eigenvalue weighted by Crippen LogP contribution is -2.23. The number of aryl methyl sites for hydroxylation is 1. The minimum absolute atomic E-state index is 0.251. The molecule has 2 aromatic heterocycles. The van der Waals surface area contributed by atoms with E-state index in [9.17, 15) is 13.2 Å². The fourth-order valence-electron chi connectivity index (χ4n) is 4.93. The van der Waals surface area contributed by atoms with Crippen LogP contribution >= 0.6 is 11.8 Å². The third-order valence-electron chi connectivity index (χ3n) is 6.83. The molecule has 1 saturated carbocycles. The molecule has 3 aromatic rings. The van der Waals surface area contributed by atoms with Crippen LogP contribution in [0.4, 0.5) is 13.2 Å². The number of rotatable bonds is 7. The fourth-order valence-corrected chi connectivity index (χ4v) is 5.76. The molecule has 1 aliphatic heterocycles. The van der Waals surface area contributed by atoms with Gasteiger partial charge in [-0.2, -0.15) is 13.2 Å². The molecule has 0 N–H and O–H groups in total. The van der Waals surface area contributed by atoms with Crippen LogP contribution in [0, 0.1) is 12.3 Å². The monoisotopic (exact) mass is 477 g/mol. The molecule has 1 aromatic carbocycles. The molecule has 0 bridgehead atoms. The van der Waals surface area contributed by atoms with Crippen LogP contribution in [-0.4, -0.2) is 50.2 Å². The van der Waals surface area contributed by atoms with E-state index in [-0.39, 0.29) is 5.41 Å². The molecule has 2 aliphatic rings. The Bertz CT molecular complexity index is 1130. The zero-order chi connectivity index (χ0) is 23.2. The van der Waals surface area contributed by atoms with Crippen LogP contribution in [0.5, 0.6) is 0 Å². The van der Waals surface area contributed by atoms with E-state index in [0.29, 0.717) is 17.5 Å². The number of hydrogen-bond donors (Lipinski definition) is 0. The summed E-state index contributed by atoms with van der Waals surface area (Å²) in [5.41, 5.74) is 1.53. The lowest BCUT2D eigenvalue weighted by Gasteiger charge is -2.16. The molecule has 6 nitrogen and oxygen atoms in total. The molecule has 2 fully saturated rings. The van der Waals surface area contributed by atoms with Crippen molar-refractivity contribution in [2.24, 2.45) is 12.5 Å². The van der Waals surface area contributed by atoms with Gasteiger partial charge in [-0.15, -0.1) is 10.2 Å². The topological polar surface area (TPSA) is 60.0 Å². The lowest BCUT2D eigenvalue weighted by atomic mass is 9.97. The van der Waals surface area contributed by atoms with E-state index in [2.05, 4.69) is 20.3 Å². The molecule has 5 rings (SSSR count). The summed E-state index contributed by atoms with van der Waals surface area (Å²) in [5, 5.41) is 13.2. The Labute approximate surface area is 194 Å². The number of thioether (sulfide) groups is 1. The number of aromatic nitrogens is 4. The highest BCUT2D eigenvalue weighted by molar-refractivity contribution is 7.99. The van der Waals surface area contributed by atoms with Gasteiger partial charge in [0.25, 0.3) is 0 Å². The minimum Gasteiger partial charge on any atom is -0.353 e. The van der Waals surface area contributed by atoms with Gasteiger partial charge in [0, 0.05) is 25.4 Å². The van der Waals surface area contributed by atoms with Gasteiger partial charge < -0.3 is 14.0 Å². The molecule has 0 amide bonds. The molecule has 1 spiro atoms. The van der Waals surface area contributed by atoms with Crippen LogP contribution in [0.15, 0.2) is 40.0 Å². The van der Waals surface area contributed by atoms with Gasteiger partial charge in [-0.1, -0.05) is 29.1 Å².